The first-order valence-electron chi connectivity index (χ1n) is 7.94. The summed E-state index contributed by atoms with van der Waals surface area (Å²) in [6, 6.07) is 2.84. The molecule has 27 heavy (non-hydrogen) atoms. The molecule has 2 N–H and O–H groups in total. The molecule has 1 aromatic carbocycles. The number of nitro benzene ring substituents is 1. The third-order valence-electron chi connectivity index (χ3n) is 4.82. The molecule has 0 amide bonds. The zero-order valence-electron chi connectivity index (χ0n) is 15.0. The van der Waals surface area contributed by atoms with E-state index in [9.17, 15) is 29.9 Å². The van der Waals surface area contributed by atoms with Crippen LogP contribution in [0, 0.1) is 21.4 Å². The van der Waals surface area contributed by atoms with Crippen molar-refractivity contribution in [2.24, 2.45) is 11.3 Å². The lowest BCUT2D eigenvalue weighted by atomic mass is 9.66. The second-order valence-electron chi connectivity index (χ2n) is 6.10. The van der Waals surface area contributed by atoms with Crippen LogP contribution in [0.3, 0.4) is 0 Å². The number of carboxylic acid groups (broad SMARTS) is 2. The summed E-state index contributed by atoms with van der Waals surface area (Å²) in [5, 5.41) is 30.9. The van der Waals surface area contributed by atoms with E-state index in [1.54, 1.807) is 0 Å². The molecular weight excluding hydrogens is 358 g/mol. The first-order chi connectivity index (χ1) is 12.7. The van der Waals surface area contributed by atoms with Crippen molar-refractivity contribution >= 4 is 17.6 Å². The third kappa shape index (κ3) is 3.35. The molecule has 2 rings (SSSR count). The van der Waals surface area contributed by atoms with E-state index in [4.69, 9.17) is 9.47 Å². The molecule has 2 unspecified atom stereocenters. The van der Waals surface area contributed by atoms with Crippen molar-refractivity contribution in [3.05, 3.63) is 51.6 Å². The van der Waals surface area contributed by atoms with Crippen LogP contribution in [0.4, 0.5) is 5.69 Å². The number of allylic oxidation sites excluding steroid dienone is 2. The standard InChI is InChI=1S/C18H19NO8/c1-10-12(16(20)21)5-4-8-18(10,17(22)23)9-11-6-7-13(26-2)15(27-3)14(11)19(24)25/h4-8,10H,9H2,1-3H3,(H,20,21)(H,22,23). The number of methoxy groups -OCH3 is 2. The lowest BCUT2D eigenvalue weighted by molar-refractivity contribution is -0.386. The van der Waals surface area contributed by atoms with E-state index in [1.165, 1.54) is 51.5 Å². The zero-order chi connectivity index (χ0) is 20.4. The minimum Gasteiger partial charge on any atom is -0.493 e. The van der Waals surface area contributed by atoms with E-state index in [1.807, 2.05) is 0 Å². The van der Waals surface area contributed by atoms with E-state index >= 15 is 0 Å². The molecule has 144 valence electrons. The fourth-order valence-corrected chi connectivity index (χ4v) is 3.30. The monoisotopic (exact) mass is 377 g/mol. The molecule has 1 aliphatic rings. The number of nitrogens with zero attached hydrogens (tertiary/aromatic N) is 1. The maximum Gasteiger partial charge on any atom is 0.331 e. The van der Waals surface area contributed by atoms with Crippen LogP contribution in [0.25, 0.3) is 0 Å². The molecule has 0 bridgehead atoms. The fraction of sp³-hybridized carbons (Fsp3) is 0.333. The predicted molar refractivity (Wildman–Crippen MR) is 94.0 cm³/mol. The normalized spacial score (nSPS) is 21.3. The average molecular weight is 377 g/mol. The van der Waals surface area contributed by atoms with E-state index in [0.29, 0.717) is 0 Å². The van der Waals surface area contributed by atoms with E-state index in [-0.39, 0.29) is 29.1 Å². The molecule has 9 heteroatoms. The molecule has 0 saturated heterocycles. The number of nitro groups is 1. The molecule has 9 nitrogen and oxygen atoms in total. The highest BCUT2D eigenvalue weighted by molar-refractivity contribution is 5.91. The molecule has 0 heterocycles. The number of aliphatic carboxylic acids is 2. The van der Waals surface area contributed by atoms with E-state index in [2.05, 4.69) is 0 Å². The Morgan fingerprint density at radius 1 is 1.26 bits per heavy atom. The number of benzene rings is 1. The largest absolute Gasteiger partial charge is 0.493 e. The number of rotatable bonds is 7. The average Bonchev–Trinajstić information content (AvgIpc) is 2.62. The van der Waals surface area contributed by atoms with Gasteiger partial charge in [-0.3, -0.25) is 14.9 Å². The van der Waals surface area contributed by atoms with Crippen LogP contribution in [0.1, 0.15) is 12.5 Å². The maximum atomic E-state index is 12.1. The van der Waals surface area contributed by atoms with Crippen LogP contribution in [0.2, 0.25) is 0 Å². The van der Waals surface area contributed by atoms with Crippen molar-refractivity contribution in [2.45, 2.75) is 13.3 Å². The fourth-order valence-electron chi connectivity index (χ4n) is 3.30. The van der Waals surface area contributed by atoms with Crippen molar-refractivity contribution in [3.8, 4) is 11.5 Å². The summed E-state index contributed by atoms with van der Waals surface area (Å²) < 4.78 is 10.2. The first-order valence-corrected chi connectivity index (χ1v) is 7.94. The van der Waals surface area contributed by atoms with Crippen molar-refractivity contribution in [1.82, 2.24) is 0 Å². The summed E-state index contributed by atoms with van der Waals surface area (Å²) in [4.78, 5) is 34.5. The number of carboxylic acids is 2. The minimum absolute atomic E-state index is 0.0805. The SMILES string of the molecule is COc1ccc(CC2(C(=O)O)C=CC=C(C(=O)O)C2C)c([N+](=O)[O-])c1OC. The first kappa shape index (κ1) is 20.0. The van der Waals surface area contributed by atoms with Gasteiger partial charge in [0.05, 0.1) is 24.6 Å². The van der Waals surface area contributed by atoms with Gasteiger partial charge in [0.25, 0.3) is 0 Å². The van der Waals surface area contributed by atoms with Crippen molar-refractivity contribution < 1.29 is 34.2 Å². The molecule has 2 atom stereocenters. The molecule has 0 aromatic heterocycles. The Balaban J connectivity index is 2.64. The Morgan fingerprint density at radius 3 is 2.41 bits per heavy atom. The van der Waals surface area contributed by atoms with E-state index < -0.39 is 33.9 Å². The van der Waals surface area contributed by atoms with Crippen LogP contribution >= 0.6 is 0 Å². The molecule has 0 spiro atoms. The molecule has 1 aliphatic carbocycles. The Kier molecular flexibility index (Phi) is 5.53. The highest BCUT2D eigenvalue weighted by atomic mass is 16.6. The van der Waals surface area contributed by atoms with Gasteiger partial charge in [-0.15, -0.1) is 0 Å². The number of hydrogen-bond acceptors (Lipinski definition) is 6. The van der Waals surface area contributed by atoms with Crippen LogP contribution in [-0.4, -0.2) is 41.3 Å². The number of carbonyl (C=O) groups is 2. The van der Waals surface area contributed by atoms with Crippen molar-refractivity contribution in [3.63, 3.8) is 0 Å². The van der Waals surface area contributed by atoms with Gasteiger partial charge in [-0.25, -0.2) is 4.79 Å². The predicted octanol–water partition coefficient (Wildman–Crippen LogP) is 2.44. The molecule has 0 radical (unpaired) electrons. The van der Waals surface area contributed by atoms with Crippen molar-refractivity contribution in [2.75, 3.05) is 14.2 Å². The highest BCUT2D eigenvalue weighted by Gasteiger charge is 2.47. The quantitative estimate of drug-likeness (QED) is 0.546. The number of hydrogen-bond donors (Lipinski definition) is 2. The van der Waals surface area contributed by atoms with E-state index in [0.717, 1.165) is 0 Å². The summed E-state index contributed by atoms with van der Waals surface area (Å²) >= 11 is 0. The lowest BCUT2D eigenvalue weighted by Gasteiger charge is -2.35. The van der Waals surface area contributed by atoms with Gasteiger partial charge < -0.3 is 19.7 Å². The molecule has 0 aliphatic heterocycles. The van der Waals surface area contributed by atoms with Gasteiger partial charge >= 0.3 is 17.6 Å². The maximum absolute atomic E-state index is 12.1. The molecule has 0 saturated carbocycles. The topological polar surface area (TPSA) is 136 Å². The van der Waals surface area contributed by atoms with Gasteiger partial charge in [-0.2, -0.15) is 0 Å². The Labute approximate surface area is 154 Å². The summed E-state index contributed by atoms with van der Waals surface area (Å²) in [6.45, 7) is 1.48. The summed E-state index contributed by atoms with van der Waals surface area (Å²) in [5.41, 5.74) is -2.05. The van der Waals surface area contributed by atoms with Crippen LogP contribution in [-0.2, 0) is 16.0 Å². The highest BCUT2D eigenvalue weighted by Crippen LogP contribution is 2.46. The summed E-state index contributed by atoms with van der Waals surface area (Å²) in [6.07, 6.45) is 3.76. The Bertz CT molecular complexity index is 857. The van der Waals surface area contributed by atoms with Gasteiger partial charge in [-0.1, -0.05) is 25.2 Å². The summed E-state index contributed by atoms with van der Waals surface area (Å²) in [5.74, 6) is -3.41. The summed E-state index contributed by atoms with van der Waals surface area (Å²) in [7, 11) is 2.58. The Morgan fingerprint density at radius 2 is 1.93 bits per heavy atom. The lowest BCUT2D eigenvalue weighted by Crippen LogP contribution is -2.41. The van der Waals surface area contributed by atoms with Crippen molar-refractivity contribution in [1.29, 1.82) is 0 Å². The second-order valence-corrected chi connectivity index (χ2v) is 6.10. The van der Waals surface area contributed by atoms with Crippen LogP contribution in [0.15, 0.2) is 35.9 Å². The smallest absolute Gasteiger partial charge is 0.331 e. The molecule has 1 aromatic rings. The minimum atomic E-state index is -1.66. The van der Waals surface area contributed by atoms with Crippen LogP contribution < -0.4 is 9.47 Å². The number of ether oxygens (including phenoxy) is 2. The second kappa shape index (κ2) is 7.48. The van der Waals surface area contributed by atoms with Gasteiger partial charge in [0.2, 0.25) is 5.75 Å². The van der Waals surface area contributed by atoms with Gasteiger partial charge in [-0.05, 0) is 18.6 Å². The van der Waals surface area contributed by atoms with Crippen LogP contribution in [0.5, 0.6) is 11.5 Å². The molecule has 0 fully saturated rings. The van der Waals surface area contributed by atoms with Gasteiger partial charge in [0, 0.05) is 17.1 Å². The zero-order valence-corrected chi connectivity index (χ0v) is 15.0. The Hall–Kier alpha value is -3.36. The van der Waals surface area contributed by atoms with Gasteiger partial charge in [0.1, 0.15) is 0 Å². The van der Waals surface area contributed by atoms with Gasteiger partial charge in [0.15, 0.2) is 5.75 Å². The molecular formula is C18H19NO8. The third-order valence-corrected chi connectivity index (χ3v) is 4.82.